The highest BCUT2D eigenvalue weighted by Gasteiger charge is 2.29. The van der Waals surface area contributed by atoms with Crippen LogP contribution in [0.5, 0.6) is 0 Å². The van der Waals surface area contributed by atoms with Crippen molar-refractivity contribution in [2.45, 2.75) is 44.2 Å². The molecule has 0 spiro atoms. The number of piperidine rings is 1. The summed E-state index contributed by atoms with van der Waals surface area (Å²) < 4.78 is 0. The fraction of sp³-hybridized carbons (Fsp3) is 0.429. The predicted octanol–water partition coefficient (Wildman–Crippen LogP) is 4.64. The van der Waals surface area contributed by atoms with Gasteiger partial charge in [0.15, 0.2) is 0 Å². The third-order valence-corrected chi connectivity index (χ3v) is 5.45. The molecule has 2 heteroatoms. The second-order valence-electron chi connectivity index (χ2n) is 6.93. The molecule has 23 heavy (non-hydrogen) atoms. The van der Waals surface area contributed by atoms with E-state index < -0.39 is 0 Å². The summed E-state index contributed by atoms with van der Waals surface area (Å²) in [4.78, 5) is 2.72. The van der Waals surface area contributed by atoms with E-state index in [1.54, 1.807) is 11.1 Å². The molecule has 1 N–H and O–H groups in total. The Bertz CT molecular complexity index is 629. The first-order valence-corrected chi connectivity index (χ1v) is 9.03. The van der Waals surface area contributed by atoms with Crippen molar-refractivity contribution in [2.24, 2.45) is 0 Å². The number of nitrogens with one attached hydrogen (secondary N) is 1. The average Bonchev–Trinajstić information content (AvgIpc) is 2.63. The van der Waals surface area contributed by atoms with Crippen LogP contribution in [0.1, 0.15) is 42.9 Å². The Morgan fingerprint density at radius 2 is 1.57 bits per heavy atom. The van der Waals surface area contributed by atoms with E-state index in [0.29, 0.717) is 12.1 Å². The number of aryl methyl sites for hydroxylation is 1. The van der Waals surface area contributed by atoms with E-state index in [2.05, 4.69) is 64.8 Å². The second kappa shape index (κ2) is 6.76. The van der Waals surface area contributed by atoms with Gasteiger partial charge in [-0.05, 0) is 55.4 Å². The minimum absolute atomic E-state index is 0.618. The molecular weight excluding hydrogens is 280 g/mol. The van der Waals surface area contributed by atoms with Gasteiger partial charge in [-0.1, -0.05) is 42.5 Å². The number of benzene rings is 2. The molecule has 2 nitrogen and oxygen atoms in total. The monoisotopic (exact) mass is 306 g/mol. The lowest BCUT2D eigenvalue weighted by Crippen LogP contribution is -2.41. The summed E-state index contributed by atoms with van der Waals surface area (Å²) in [6.07, 6.45) is 6.41. The molecule has 4 rings (SSSR count). The normalized spacial score (nSPS) is 22.5. The van der Waals surface area contributed by atoms with Gasteiger partial charge in [-0.3, -0.25) is 4.90 Å². The van der Waals surface area contributed by atoms with E-state index in [1.807, 2.05) is 0 Å². The number of anilines is 1. The Morgan fingerprint density at radius 3 is 2.39 bits per heavy atom. The molecule has 0 aromatic heterocycles. The maximum atomic E-state index is 3.70. The minimum Gasteiger partial charge on any atom is -0.382 e. The number of likely N-dealkylation sites (tertiary alicyclic amines) is 1. The van der Waals surface area contributed by atoms with Crippen molar-refractivity contribution >= 4 is 5.69 Å². The molecule has 0 bridgehead atoms. The SMILES string of the molecule is c1ccc(NC2CCN([C@H]3CCCc4ccccc43)CC2)cc1. The van der Waals surface area contributed by atoms with Crippen LogP contribution in [-0.4, -0.2) is 24.0 Å². The number of para-hydroxylation sites is 1. The lowest BCUT2D eigenvalue weighted by atomic mass is 9.86. The van der Waals surface area contributed by atoms with E-state index in [9.17, 15) is 0 Å². The molecule has 120 valence electrons. The highest BCUT2D eigenvalue weighted by molar-refractivity contribution is 5.43. The molecule has 1 heterocycles. The summed E-state index contributed by atoms with van der Waals surface area (Å²) in [7, 11) is 0. The topological polar surface area (TPSA) is 15.3 Å². The van der Waals surface area contributed by atoms with Gasteiger partial charge in [0, 0.05) is 30.9 Å². The Labute approximate surface area is 139 Å². The maximum Gasteiger partial charge on any atom is 0.0350 e. The van der Waals surface area contributed by atoms with Crippen molar-refractivity contribution in [1.29, 1.82) is 0 Å². The van der Waals surface area contributed by atoms with Crippen LogP contribution in [0.25, 0.3) is 0 Å². The van der Waals surface area contributed by atoms with Gasteiger partial charge in [-0.25, -0.2) is 0 Å². The highest BCUT2D eigenvalue weighted by atomic mass is 15.2. The van der Waals surface area contributed by atoms with E-state index in [-0.39, 0.29) is 0 Å². The zero-order valence-electron chi connectivity index (χ0n) is 13.7. The van der Waals surface area contributed by atoms with Gasteiger partial charge in [-0.2, -0.15) is 0 Å². The van der Waals surface area contributed by atoms with Gasteiger partial charge in [-0.15, -0.1) is 0 Å². The molecule has 0 radical (unpaired) electrons. The third kappa shape index (κ3) is 3.28. The van der Waals surface area contributed by atoms with E-state index in [4.69, 9.17) is 0 Å². The van der Waals surface area contributed by atoms with Crippen LogP contribution in [0.2, 0.25) is 0 Å². The molecule has 2 aromatic rings. The maximum absolute atomic E-state index is 3.70. The summed E-state index contributed by atoms with van der Waals surface area (Å²) in [6.45, 7) is 2.42. The highest BCUT2D eigenvalue weighted by Crippen LogP contribution is 2.35. The van der Waals surface area contributed by atoms with Crippen molar-refractivity contribution in [1.82, 2.24) is 4.90 Å². The van der Waals surface area contributed by atoms with Crippen LogP contribution in [0, 0.1) is 0 Å². The molecular formula is C21H26N2. The van der Waals surface area contributed by atoms with Gasteiger partial charge in [0.2, 0.25) is 0 Å². The third-order valence-electron chi connectivity index (χ3n) is 5.45. The van der Waals surface area contributed by atoms with Gasteiger partial charge >= 0.3 is 0 Å². The van der Waals surface area contributed by atoms with Gasteiger partial charge < -0.3 is 5.32 Å². The summed E-state index contributed by atoms with van der Waals surface area (Å²) >= 11 is 0. The van der Waals surface area contributed by atoms with E-state index >= 15 is 0 Å². The van der Waals surface area contributed by atoms with Crippen LogP contribution < -0.4 is 5.32 Å². The Kier molecular flexibility index (Phi) is 4.34. The molecule has 1 atom stereocenters. The van der Waals surface area contributed by atoms with E-state index in [0.717, 1.165) is 0 Å². The molecule has 1 aliphatic heterocycles. The lowest BCUT2D eigenvalue weighted by Gasteiger charge is -2.40. The number of rotatable bonds is 3. The van der Waals surface area contributed by atoms with Crippen molar-refractivity contribution in [3.8, 4) is 0 Å². The first kappa shape index (κ1) is 14.8. The fourth-order valence-electron chi connectivity index (χ4n) is 4.23. The summed E-state index contributed by atoms with van der Waals surface area (Å²) in [5.74, 6) is 0. The standard InChI is InChI=1S/C21H26N2/c1-2-9-18(10-3-1)22-19-13-15-23(16-14-19)21-12-6-8-17-7-4-5-11-20(17)21/h1-5,7,9-11,19,21-22H,6,8,12-16H2/t21-/m0/s1. The largest absolute Gasteiger partial charge is 0.382 e. The summed E-state index contributed by atoms with van der Waals surface area (Å²) in [5, 5.41) is 3.70. The Hall–Kier alpha value is -1.80. The van der Waals surface area contributed by atoms with Crippen molar-refractivity contribution < 1.29 is 0 Å². The van der Waals surface area contributed by atoms with Crippen LogP contribution >= 0.6 is 0 Å². The van der Waals surface area contributed by atoms with Gasteiger partial charge in [0.1, 0.15) is 0 Å². The van der Waals surface area contributed by atoms with Crippen LogP contribution in [0.15, 0.2) is 54.6 Å². The predicted molar refractivity (Wildman–Crippen MR) is 96.8 cm³/mol. The molecule has 2 aliphatic rings. The van der Waals surface area contributed by atoms with Crippen molar-refractivity contribution in [3.63, 3.8) is 0 Å². The lowest BCUT2D eigenvalue weighted by molar-refractivity contribution is 0.143. The van der Waals surface area contributed by atoms with Gasteiger partial charge in [0.25, 0.3) is 0 Å². The molecule has 1 fully saturated rings. The van der Waals surface area contributed by atoms with E-state index in [1.165, 1.54) is 50.9 Å². The molecule has 1 aliphatic carbocycles. The average molecular weight is 306 g/mol. The fourth-order valence-corrected chi connectivity index (χ4v) is 4.23. The summed E-state index contributed by atoms with van der Waals surface area (Å²) in [5.41, 5.74) is 4.43. The quantitative estimate of drug-likeness (QED) is 0.888. The van der Waals surface area contributed by atoms with Crippen molar-refractivity contribution in [2.75, 3.05) is 18.4 Å². The zero-order valence-corrected chi connectivity index (χ0v) is 13.7. The minimum atomic E-state index is 0.618. The molecule has 0 unspecified atom stereocenters. The van der Waals surface area contributed by atoms with Crippen LogP contribution in [-0.2, 0) is 6.42 Å². The Morgan fingerprint density at radius 1 is 0.826 bits per heavy atom. The smallest absolute Gasteiger partial charge is 0.0350 e. The number of nitrogens with zero attached hydrogens (tertiary/aromatic N) is 1. The first-order valence-electron chi connectivity index (χ1n) is 9.03. The Balaban J connectivity index is 1.39. The van der Waals surface area contributed by atoms with Crippen LogP contribution in [0.4, 0.5) is 5.69 Å². The second-order valence-corrected chi connectivity index (χ2v) is 6.93. The first-order chi connectivity index (χ1) is 11.4. The number of fused-ring (bicyclic) bond motifs is 1. The summed E-state index contributed by atoms with van der Waals surface area (Å²) in [6, 6.07) is 21.0. The van der Waals surface area contributed by atoms with Crippen molar-refractivity contribution in [3.05, 3.63) is 65.7 Å². The molecule has 0 amide bonds. The van der Waals surface area contributed by atoms with Gasteiger partial charge in [0.05, 0.1) is 0 Å². The zero-order chi connectivity index (χ0) is 15.5. The van der Waals surface area contributed by atoms with Crippen LogP contribution in [0.3, 0.4) is 0 Å². The molecule has 2 aromatic carbocycles. The number of hydrogen-bond donors (Lipinski definition) is 1. The molecule has 1 saturated heterocycles. The molecule has 0 saturated carbocycles. The number of hydrogen-bond acceptors (Lipinski definition) is 2.